The third-order valence-corrected chi connectivity index (χ3v) is 5.45. The minimum absolute atomic E-state index is 0.315. The van der Waals surface area contributed by atoms with Gasteiger partial charge < -0.3 is 0 Å². The van der Waals surface area contributed by atoms with Crippen LogP contribution in [-0.4, -0.2) is 5.75 Å². The summed E-state index contributed by atoms with van der Waals surface area (Å²) in [7, 11) is 0. The number of nitrogens with two attached hydrogens (primary N) is 1. The van der Waals surface area contributed by atoms with Crippen LogP contribution in [0.25, 0.3) is 0 Å². The standard InChI is InChI=1S/C13H20N2S2/c1-2-3-4-5-11(15-14)13-8-10-9-16-7-6-12(10)17-13/h2,8,11,15H,1,3-7,9,14H2. The normalized spacial score (nSPS) is 16.5. The van der Waals surface area contributed by atoms with Crippen molar-refractivity contribution in [1.29, 1.82) is 0 Å². The molecule has 4 heteroatoms. The number of aryl methyl sites for hydroxylation is 1. The Balaban J connectivity index is 2.02. The third-order valence-electron chi connectivity index (χ3n) is 3.09. The van der Waals surface area contributed by atoms with Gasteiger partial charge in [0.15, 0.2) is 0 Å². The number of hydrogen-bond donors (Lipinski definition) is 2. The molecule has 0 aromatic carbocycles. The number of allylic oxidation sites excluding steroid dienone is 1. The highest BCUT2D eigenvalue weighted by Crippen LogP contribution is 2.35. The molecule has 0 bridgehead atoms. The van der Waals surface area contributed by atoms with Gasteiger partial charge in [-0.15, -0.1) is 17.9 Å². The van der Waals surface area contributed by atoms with Crippen molar-refractivity contribution in [2.24, 2.45) is 5.84 Å². The molecular weight excluding hydrogens is 248 g/mol. The SMILES string of the molecule is C=CCCCC(NN)c1cc2c(s1)CCSC2. The second kappa shape index (κ2) is 6.59. The maximum absolute atomic E-state index is 5.67. The molecule has 0 amide bonds. The summed E-state index contributed by atoms with van der Waals surface area (Å²) in [6.45, 7) is 3.76. The predicted octanol–water partition coefficient (Wildman–Crippen LogP) is 3.40. The molecule has 0 saturated carbocycles. The van der Waals surface area contributed by atoms with E-state index in [1.807, 2.05) is 29.2 Å². The first-order valence-corrected chi connectivity index (χ1v) is 8.08. The first-order valence-electron chi connectivity index (χ1n) is 6.11. The van der Waals surface area contributed by atoms with E-state index in [1.165, 1.54) is 28.4 Å². The minimum atomic E-state index is 0.315. The summed E-state index contributed by atoms with van der Waals surface area (Å²) in [5.74, 6) is 8.11. The van der Waals surface area contributed by atoms with Gasteiger partial charge in [-0.25, -0.2) is 0 Å². The van der Waals surface area contributed by atoms with E-state index in [4.69, 9.17) is 5.84 Å². The summed E-state index contributed by atoms with van der Waals surface area (Å²) in [6, 6.07) is 2.67. The molecule has 0 radical (unpaired) electrons. The van der Waals surface area contributed by atoms with Crippen molar-refractivity contribution >= 4 is 23.1 Å². The molecule has 94 valence electrons. The molecule has 2 heterocycles. The van der Waals surface area contributed by atoms with Crippen molar-refractivity contribution in [1.82, 2.24) is 5.43 Å². The molecule has 1 aromatic rings. The molecule has 1 aromatic heterocycles. The summed E-state index contributed by atoms with van der Waals surface area (Å²) in [5, 5.41) is 0. The zero-order chi connectivity index (χ0) is 12.1. The fourth-order valence-corrected chi connectivity index (χ4v) is 4.59. The Morgan fingerprint density at radius 2 is 2.47 bits per heavy atom. The van der Waals surface area contributed by atoms with Gasteiger partial charge >= 0.3 is 0 Å². The Bertz CT molecular complexity index is 350. The van der Waals surface area contributed by atoms with Crippen molar-refractivity contribution in [2.45, 2.75) is 37.5 Å². The molecule has 0 spiro atoms. The van der Waals surface area contributed by atoms with E-state index in [2.05, 4.69) is 18.1 Å². The lowest BCUT2D eigenvalue weighted by Crippen LogP contribution is -2.27. The van der Waals surface area contributed by atoms with E-state index in [1.54, 1.807) is 4.88 Å². The molecule has 0 aliphatic carbocycles. The van der Waals surface area contributed by atoms with Gasteiger partial charge in [0, 0.05) is 15.5 Å². The monoisotopic (exact) mass is 268 g/mol. The fraction of sp³-hybridized carbons (Fsp3) is 0.538. The highest BCUT2D eigenvalue weighted by atomic mass is 32.2. The van der Waals surface area contributed by atoms with Gasteiger partial charge in [0.25, 0.3) is 0 Å². The summed E-state index contributed by atoms with van der Waals surface area (Å²) in [6.07, 6.45) is 6.52. The lowest BCUT2D eigenvalue weighted by Gasteiger charge is -2.13. The topological polar surface area (TPSA) is 38.0 Å². The Morgan fingerprint density at radius 3 is 3.18 bits per heavy atom. The van der Waals surface area contributed by atoms with Crippen LogP contribution < -0.4 is 11.3 Å². The Hall–Kier alpha value is -0.290. The number of fused-ring (bicyclic) bond motifs is 1. The van der Waals surface area contributed by atoms with Crippen LogP contribution in [0.4, 0.5) is 0 Å². The van der Waals surface area contributed by atoms with E-state index in [0.717, 1.165) is 19.3 Å². The molecule has 2 nitrogen and oxygen atoms in total. The maximum Gasteiger partial charge on any atom is 0.0553 e. The van der Waals surface area contributed by atoms with Crippen LogP contribution in [0.15, 0.2) is 18.7 Å². The Morgan fingerprint density at radius 1 is 1.59 bits per heavy atom. The van der Waals surface area contributed by atoms with E-state index < -0.39 is 0 Å². The molecule has 0 saturated heterocycles. The number of nitrogens with one attached hydrogen (secondary N) is 1. The van der Waals surface area contributed by atoms with Gasteiger partial charge in [0.2, 0.25) is 0 Å². The van der Waals surface area contributed by atoms with Crippen LogP contribution >= 0.6 is 23.1 Å². The number of unbranched alkanes of at least 4 members (excludes halogenated alkanes) is 1. The zero-order valence-corrected chi connectivity index (χ0v) is 11.7. The summed E-state index contributed by atoms with van der Waals surface area (Å²) >= 11 is 3.98. The minimum Gasteiger partial charge on any atom is -0.271 e. The van der Waals surface area contributed by atoms with Gasteiger partial charge in [-0.05, 0) is 43.1 Å². The van der Waals surface area contributed by atoms with Crippen molar-refractivity contribution in [3.63, 3.8) is 0 Å². The molecular formula is C13H20N2S2. The van der Waals surface area contributed by atoms with Gasteiger partial charge in [0.05, 0.1) is 6.04 Å². The van der Waals surface area contributed by atoms with Gasteiger partial charge in [-0.1, -0.05) is 6.08 Å². The van der Waals surface area contributed by atoms with Crippen LogP contribution in [0.2, 0.25) is 0 Å². The van der Waals surface area contributed by atoms with Crippen LogP contribution in [0.1, 0.15) is 40.6 Å². The first-order chi connectivity index (χ1) is 8.35. The van der Waals surface area contributed by atoms with Crippen LogP contribution in [0.5, 0.6) is 0 Å². The molecule has 1 aliphatic heterocycles. The number of thioether (sulfide) groups is 1. The van der Waals surface area contributed by atoms with Crippen molar-refractivity contribution in [3.05, 3.63) is 34.0 Å². The van der Waals surface area contributed by atoms with Crippen LogP contribution in [0, 0.1) is 0 Å². The lowest BCUT2D eigenvalue weighted by molar-refractivity contribution is 0.508. The van der Waals surface area contributed by atoms with E-state index in [0.29, 0.717) is 6.04 Å². The average molecular weight is 268 g/mol. The largest absolute Gasteiger partial charge is 0.271 e. The average Bonchev–Trinajstić information content (AvgIpc) is 2.78. The molecule has 1 unspecified atom stereocenters. The number of hydrogen-bond acceptors (Lipinski definition) is 4. The van der Waals surface area contributed by atoms with Gasteiger partial charge in [-0.3, -0.25) is 11.3 Å². The van der Waals surface area contributed by atoms with Crippen LogP contribution in [0.3, 0.4) is 0 Å². The number of rotatable bonds is 6. The molecule has 0 fully saturated rings. The van der Waals surface area contributed by atoms with E-state index >= 15 is 0 Å². The number of hydrazine groups is 1. The molecule has 2 rings (SSSR count). The Labute approximate surface area is 112 Å². The maximum atomic E-state index is 5.67. The highest BCUT2D eigenvalue weighted by Gasteiger charge is 2.18. The van der Waals surface area contributed by atoms with Gasteiger partial charge in [0.1, 0.15) is 0 Å². The Kier molecular flexibility index (Phi) is 5.10. The molecule has 1 atom stereocenters. The second-order valence-corrected chi connectivity index (χ2v) is 6.61. The number of thiophene rings is 1. The summed E-state index contributed by atoms with van der Waals surface area (Å²) in [4.78, 5) is 2.98. The fourth-order valence-electron chi connectivity index (χ4n) is 2.12. The highest BCUT2D eigenvalue weighted by molar-refractivity contribution is 7.98. The van der Waals surface area contributed by atoms with Crippen molar-refractivity contribution in [2.75, 3.05) is 5.75 Å². The quantitative estimate of drug-likeness (QED) is 0.359. The van der Waals surface area contributed by atoms with Gasteiger partial charge in [-0.2, -0.15) is 11.8 Å². The first kappa shape index (κ1) is 13.1. The molecule has 1 aliphatic rings. The molecule has 17 heavy (non-hydrogen) atoms. The van der Waals surface area contributed by atoms with E-state index in [9.17, 15) is 0 Å². The predicted molar refractivity (Wildman–Crippen MR) is 78.3 cm³/mol. The zero-order valence-electron chi connectivity index (χ0n) is 10.1. The van der Waals surface area contributed by atoms with E-state index in [-0.39, 0.29) is 0 Å². The summed E-state index contributed by atoms with van der Waals surface area (Å²) in [5.41, 5.74) is 4.49. The summed E-state index contributed by atoms with van der Waals surface area (Å²) < 4.78 is 0. The third kappa shape index (κ3) is 3.35. The smallest absolute Gasteiger partial charge is 0.0553 e. The lowest BCUT2D eigenvalue weighted by atomic mass is 10.1. The van der Waals surface area contributed by atoms with Crippen molar-refractivity contribution in [3.8, 4) is 0 Å². The second-order valence-electron chi connectivity index (χ2n) is 4.34. The van der Waals surface area contributed by atoms with Crippen LogP contribution in [-0.2, 0) is 12.2 Å². The van der Waals surface area contributed by atoms with Crippen molar-refractivity contribution < 1.29 is 0 Å². The molecule has 3 N–H and O–H groups in total.